The Labute approximate surface area is 167 Å². The van der Waals surface area contributed by atoms with Crippen LogP contribution in [0.5, 0.6) is 0 Å². The average Bonchev–Trinajstić information content (AvgIpc) is 3.05. The van der Waals surface area contributed by atoms with Gasteiger partial charge in [0.2, 0.25) is 15.9 Å². The molecular formula is C18H28ClN3O4S. The maximum atomic E-state index is 12.7. The summed E-state index contributed by atoms with van der Waals surface area (Å²) in [4.78, 5) is 12.6. The lowest BCUT2D eigenvalue weighted by Gasteiger charge is -2.30. The van der Waals surface area contributed by atoms with Gasteiger partial charge < -0.3 is 15.7 Å². The van der Waals surface area contributed by atoms with E-state index in [1.165, 1.54) is 4.31 Å². The van der Waals surface area contributed by atoms with E-state index in [9.17, 15) is 18.3 Å². The lowest BCUT2D eigenvalue weighted by Crippen LogP contribution is -2.44. The summed E-state index contributed by atoms with van der Waals surface area (Å²) in [6, 6.07) is 6.84. The monoisotopic (exact) mass is 417 g/mol. The Morgan fingerprint density at radius 2 is 1.85 bits per heavy atom. The largest absolute Gasteiger partial charge is 0.391 e. The van der Waals surface area contributed by atoms with Gasteiger partial charge in [-0.05, 0) is 31.9 Å². The molecule has 1 aromatic rings. The first-order valence-electron chi connectivity index (χ1n) is 9.11. The van der Waals surface area contributed by atoms with Crippen LogP contribution in [0.3, 0.4) is 0 Å². The van der Waals surface area contributed by atoms with Gasteiger partial charge in [0.15, 0.2) is 0 Å². The molecule has 9 heteroatoms. The fraction of sp³-hybridized carbons (Fsp3) is 0.611. The van der Waals surface area contributed by atoms with E-state index >= 15 is 0 Å². The SMILES string of the molecule is Cc1ccc(S(=O)(=O)N2CCC(C(=O)NCC3CNCC3O)CC2)cc1.Cl. The molecule has 2 aliphatic heterocycles. The lowest BCUT2D eigenvalue weighted by molar-refractivity contribution is -0.126. The summed E-state index contributed by atoms with van der Waals surface area (Å²) < 4.78 is 26.9. The molecule has 3 N–H and O–H groups in total. The number of aliphatic hydroxyl groups is 1. The number of aryl methyl sites for hydroxylation is 1. The number of nitrogens with one attached hydrogen (secondary N) is 2. The summed E-state index contributed by atoms with van der Waals surface area (Å²) in [7, 11) is -3.50. The van der Waals surface area contributed by atoms with Crippen molar-refractivity contribution in [2.24, 2.45) is 11.8 Å². The van der Waals surface area contributed by atoms with Gasteiger partial charge in [-0.1, -0.05) is 17.7 Å². The zero-order valence-corrected chi connectivity index (χ0v) is 17.1. The van der Waals surface area contributed by atoms with Crippen LogP contribution < -0.4 is 10.6 Å². The molecule has 1 amide bonds. The molecule has 1 aromatic carbocycles. The number of hydrogen-bond acceptors (Lipinski definition) is 5. The van der Waals surface area contributed by atoms with Gasteiger partial charge in [0.1, 0.15) is 0 Å². The van der Waals surface area contributed by atoms with Crippen LogP contribution in [-0.2, 0) is 14.8 Å². The number of nitrogens with zero attached hydrogens (tertiary/aromatic N) is 1. The van der Waals surface area contributed by atoms with Crippen molar-refractivity contribution in [1.29, 1.82) is 0 Å². The maximum absolute atomic E-state index is 12.7. The number of sulfonamides is 1. The molecular weight excluding hydrogens is 390 g/mol. The van der Waals surface area contributed by atoms with E-state index in [4.69, 9.17) is 0 Å². The molecule has 2 fully saturated rings. The standard InChI is InChI=1S/C18H27N3O4S.ClH/c1-13-2-4-16(5-3-13)26(24,25)21-8-6-14(7-9-21)18(23)20-11-15-10-19-12-17(15)22;/h2-5,14-15,17,19,22H,6-12H2,1H3,(H,20,23);1H. The van der Waals surface area contributed by atoms with Crippen molar-refractivity contribution in [1.82, 2.24) is 14.9 Å². The molecule has 0 bridgehead atoms. The highest BCUT2D eigenvalue weighted by atomic mass is 35.5. The summed E-state index contributed by atoms with van der Waals surface area (Å²) in [5.41, 5.74) is 1.02. The van der Waals surface area contributed by atoms with Gasteiger partial charge in [-0.15, -0.1) is 12.4 Å². The summed E-state index contributed by atoms with van der Waals surface area (Å²) in [5, 5.41) is 15.8. The van der Waals surface area contributed by atoms with E-state index in [2.05, 4.69) is 10.6 Å². The van der Waals surface area contributed by atoms with Crippen molar-refractivity contribution in [3.05, 3.63) is 29.8 Å². The lowest BCUT2D eigenvalue weighted by atomic mass is 9.97. The van der Waals surface area contributed by atoms with Crippen molar-refractivity contribution in [2.75, 3.05) is 32.7 Å². The van der Waals surface area contributed by atoms with E-state index < -0.39 is 16.1 Å². The van der Waals surface area contributed by atoms with Gasteiger partial charge in [-0.3, -0.25) is 4.79 Å². The number of rotatable bonds is 5. The van der Waals surface area contributed by atoms with Gasteiger partial charge in [0.25, 0.3) is 0 Å². The number of aliphatic hydroxyl groups excluding tert-OH is 1. The van der Waals surface area contributed by atoms with Crippen molar-refractivity contribution in [3.63, 3.8) is 0 Å². The molecule has 152 valence electrons. The molecule has 0 aromatic heterocycles. The first-order chi connectivity index (χ1) is 12.4. The Bertz CT molecular complexity index is 733. The van der Waals surface area contributed by atoms with E-state index in [0.717, 1.165) is 5.56 Å². The number of amides is 1. The topological polar surface area (TPSA) is 98.7 Å². The number of hydrogen-bond donors (Lipinski definition) is 3. The van der Waals surface area contributed by atoms with Crippen LogP contribution in [0.2, 0.25) is 0 Å². The van der Waals surface area contributed by atoms with Gasteiger partial charge in [-0.25, -0.2) is 8.42 Å². The highest BCUT2D eigenvalue weighted by molar-refractivity contribution is 7.89. The second kappa shape index (κ2) is 9.34. The van der Waals surface area contributed by atoms with Crippen LogP contribution in [0.1, 0.15) is 18.4 Å². The van der Waals surface area contributed by atoms with Gasteiger partial charge in [-0.2, -0.15) is 4.31 Å². The van der Waals surface area contributed by atoms with E-state index in [1.807, 2.05) is 6.92 Å². The molecule has 7 nitrogen and oxygen atoms in total. The molecule has 2 aliphatic rings. The Morgan fingerprint density at radius 3 is 2.41 bits per heavy atom. The molecule has 27 heavy (non-hydrogen) atoms. The van der Waals surface area contributed by atoms with Crippen LogP contribution in [0, 0.1) is 18.8 Å². The minimum atomic E-state index is -3.50. The van der Waals surface area contributed by atoms with E-state index in [0.29, 0.717) is 50.5 Å². The molecule has 2 saturated heterocycles. The van der Waals surface area contributed by atoms with Crippen molar-refractivity contribution < 1.29 is 18.3 Å². The zero-order chi connectivity index (χ0) is 18.7. The molecule has 2 heterocycles. The second-order valence-corrected chi connectivity index (χ2v) is 9.16. The summed E-state index contributed by atoms with van der Waals surface area (Å²) in [6.45, 7) is 4.34. The first-order valence-corrected chi connectivity index (χ1v) is 10.6. The molecule has 2 unspecified atom stereocenters. The summed E-state index contributed by atoms with van der Waals surface area (Å²) >= 11 is 0. The fourth-order valence-electron chi connectivity index (χ4n) is 3.52. The van der Waals surface area contributed by atoms with Crippen molar-refractivity contribution in [3.8, 4) is 0 Å². The van der Waals surface area contributed by atoms with Crippen LogP contribution in [-0.4, -0.2) is 62.6 Å². The normalized spacial score (nSPS) is 24.4. The predicted molar refractivity (Wildman–Crippen MR) is 105 cm³/mol. The van der Waals surface area contributed by atoms with Gasteiger partial charge in [0, 0.05) is 44.6 Å². The molecule has 3 rings (SSSR count). The predicted octanol–water partition coefficient (Wildman–Crippen LogP) is 0.514. The summed E-state index contributed by atoms with van der Waals surface area (Å²) in [6.07, 6.45) is 0.613. The Hall–Kier alpha value is -1.19. The summed E-state index contributed by atoms with van der Waals surface area (Å²) in [5.74, 6) is -0.177. The number of β-amino-alcohol motifs (C(OH)–C–C–N with tert-alkyl or cyclic N) is 1. The van der Waals surface area contributed by atoms with Crippen molar-refractivity contribution >= 4 is 28.3 Å². The number of halogens is 1. The van der Waals surface area contributed by atoms with Gasteiger partial charge in [0.05, 0.1) is 11.0 Å². The number of carbonyl (C=O) groups excluding carboxylic acids is 1. The fourth-order valence-corrected chi connectivity index (χ4v) is 4.99. The average molecular weight is 418 g/mol. The molecule has 0 radical (unpaired) electrons. The van der Waals surface area contributed by atoms with Crippen LogP contribution in [0.4, 0.5) is 0 Å². The third kappa shape index (κ3) is 5.20. The Balaban J connectivity index is 0.00000261. The Morgan fingerprint density at radius 1 is 1.22 bits per heavy atom. The third-order valence-corrected chi connectivity index (χ3v) is 7.24. The van der Waals surface area contributed by atoms with E-state index in [-0.39, 0.29) is 30.2 Å². The maximum Gasteiger partial charge on any atom is 0.243 e. The number of piperidine rings is 1. The number of carbonyl (C=O) groups is 1. The van der Waals surface area contributed by atoms with Crippen LogP contribution in [0.15, 0.2) is 29.2 Å². The van der Waals surface area contributed by atoms with Gasteiger partial charge >= 0.3 is 0 Å². The minimum absolute atomic E-state index is 0. The minimum Gasteiger partial charge on any atom is -0.391 e. The van der Waals surface area contributed by atoms with Crippen molar-refractivity contribution in [2.45, 2.75) is 30.8 Å². The smallest absolute Gasteiger partial charge is 0.243 e. The third-order valence-electron chi connectivity index (χ3n) is 5.33. The molecule has 0 aliphatic carbocycles. The Kier molecular flexibility index (Phi) is 7.64. The first kappa shape index (κ1) is 22.1. The van der Waals surface area contributed by atoms with Crippen LogP contribution in [0.25, 0.3) is 0 Å². The van der Waals surface area contributed by atoms with E-state index in [1.54, 1.807) is 24.3 Å². The van der Waals surface area contributed by atoms with Crippen LogP contribution >= 0.6 is 12.4 Å². The molecule has 0 saturated carbocycles. The highest BCUT2D eigenvalue weighted by Crippen LogP contribution is 2.24. The highest BCUT2D eigenvalue weighted by Gasteiger charge is 2.33. The quantitative estimate of drug-likeness (QED) is 0.648. The molecule has 0 spiro atoms. The second-order valence-electron chi connectivity index (χ2n) is 7.22. The zero-order valence-electron chi connectivity index (χ0n) is 15.4. The molecule has 2 atom stereocenters. The number of benzene rings is 1.